The van der Waals surface area contributed by atoms with Gasteiger partial charge in [0.15, 0.2) is 0 Å². The summed E-state index contributed by atoms with van der Waals surface area (Å²) in [6, 6.07) is 0. The Morgan fingerprint density at radius 1 is 0.410 bits per heavy atom. The van der Waals surface area contributed by atoms with Crippen molar-refractivity contribution in [2.45, 2.75) is 97.3 Å². The number of hydrogen-bond donors (Lipinski definition) is 2. The first-order valence-corrected chi connectivity index (χ1v) is 17.1. The monoisotopic (exact) mass is 626 g/mol. The van der Waals surface area contributed by atoms with Gasteiger partial charge in [-0.2, -0.15) is 16.8 Å². The van der Waals surface area contributed by atoms with Crippen molar-refractivity contribution < 1.29 is 44.9 Å². The molecular weight excluding hydrogens is 570 g/mol. The van der Waals surface area contributed by atoms with Gasteiger partial charge in [0, 0.05) is 13.2 Å². The summed E-state index contributed by atoms with van der Waals surface area (Å²) in [6.45, 7) is 8.72. The fourth-order valence-electron chi connectivity index (χ4n) is 3.12. The summed E-state index contributed by atoms with van der Waals surface area (Å²) in [4.78, 5) is 0. The van der Waals surface area contributed by atoms with Crippen LogP contribution in [0.2, 0.25) is 0 Å². The zero-order chi connectivity index (χ0) is 28.1. The Hall–Kier alpha value is 1.66. The third-order valence-electron chi connectivity index (χ3n) is 5.21. The van der Waals surface area contributed by atoms with E-state index in [9.17, 15) is 16.8 Å². The molecule has 0 aliphatic rings. The van der Waals surface area contributed by atoms with Crippen molar-refractivity contribution in [2.75, 3.05) is 64.4 Å². The summed E-state index contributed by atoms with van der Waals surface area (Å²) >= 11 is 0. The van der Waals surface area contributed by atoms with E-state index in [0.717, 1.165) is 25.9 Å². The third-order valence-corrected chi connectivity index (χ3v) is 6.81. The maximum atomic E-state index is 10.5. The molecule has 0 saturated carbocycles. The average Bonchev–Trinajstić information content (AvgIpc) is 2.81. The van der Waals surface area contributed by atoms with E-state index in [1.807, 2.05) is 6.92 Å². The predicted molar refractivity (Wildman–Crippen MR) is 162 cm³/mol. The molecule has 2 N–H and O–H groups in total. The molecule has 0 bridgehead atoms. The molecule has 0 aromatic rings. The van der Waals surface area contributed by atoms with Crippen molar-refractivity contribution in [2.24, 2.45) is 0 Å². The van der Waals surface area contributed by atoms with Crippen molar-refractivity contribution >= 4 is 79.4 Å². The first-order chi connectivity index (χ1) is 17.6. The summed E-state index contributed by atoms with van der Waals surface area (Å²) in [5.41, 5.74) is 0. The van der Waals surface area contributed by atoms with E-state index in [0.29, 0.717) is 65.5 Å². The number of hydrogen-bond acceptors (Lipinski definition) is 8. The quantitative estimate of drug-likeness (QED) is 0.0788. The molecule has 0 amide bonds. The Balaban J connectivity index is -0.000000476. The minimum atomic E-state index is -3.85. The fourth-order valence-corrected chi connectivity index (χ4v) is 4.26. The van der Waals surface area contributed by atoms with Crippen LogP contribution >= 0.6 is 0 Å². The molecule has 0 heterocycles. The molecule has 0 atom stereocenters. The molecule has 39 heavy (non-hydrogen) atoms. The van der Waals surface area contributed by atoms with Crippen LogP contribution < -0.4 is 0 Å². The Morgan fingerprint density at radius 2 is 0.667 bits per heavy atom. The topological polar surface area (TPSA) is 146 Å². The minimum absolute atomic E-state index is 0. The number of unbranched alkanes of at least 4 members (excludes halogenated alkanes) is 10. The molecular formula is C25H56Na2O10S2. The maximum absolute atomic E-state index is 10.5. The van der Waals surface area contributed by atoms with Crippen LogP contribution in [0, 0.1) is 0 Å². The van der Waals surface area contributed by atoms with Crippen molar-refractivity contribution in [1.29, 1.82) is 0 Å². The predicted octanol–water partition coefficient (Wildman–Crippen LogP) is 3.63. The SMILES string of the molecule is CCCCCCCCCCOCCOCCOCCOCCCCS(=O)(=O)O.CCCCCS(=O)(=O)O.[NaH].[NaH]. The van der Waals surface area contributed by atoms with Gasteiger partial charge in [0.1, 0.15) is 0 Å². The first kappa shape index (κ1) is 47.6. The van der Waals surface area contributed by atoms with Crippen LogP contribution in [-0.2, 0) is 39.2 Å². The molecule has 0 aliphatic carbocycles. The van der Waals surface area contributed by atoms with Crippen molar-refractivity contribution in [1.82, 2.24) is 0 Å². The Labute approximate surface area is 283 Å². The second kappa shape index (κ2) is 35.9. The van der Waals surface area contributed by atoms with Gasteiger partial charge in [0.2, 0.25) is 0 Å². The van der Waals surface area contributed by atoms with Gasteiger partial charge in [-0.15, -0.1) is 0 Å². The van der Waals surface area contributed by atoms with Gasteiger partial charge in [-0.05, 0) is 25.7 Å². The summed E-state index contributed by atoms with van der Waals surface area (Å²) in [6.07, 6.45) is 13.9. The fraction of sp³-hybridized carbons (Fsp3) is 1.00. The van der Waals surface area contributed by atoms with Crippen molar-refractivity contribution in [3.05, 3.63) is 0 Å². The summed E-state index contributed by atoms with van der Waals surface area (Å²) in [7, 11) is -7.55. The number of rotatable bonds is 27. The van der Waals surface area contributed by atoms with E-state index in [1.165, 1.54) is 44.9 Å². The van der Waals surface area contributed by atoms with Gasteiger partial charge in [0.25, 0.3) is 20.2 Å². The van der Waals surface area contributed by atoms with Gasteiger partial charge in [-0.3, -0.25) is 9.11 Å². The Bertz CT molecular complexity index is 666. The summed E-state index contributed by atoms with van der Waals surface area (Å²) < 4.78 is 79.6. The Morgan fingerprint density at radius 3 is 1.03 bits per heavy atom. The van der Waals surface area contributed by atoms with Crippen LogP contribution in [0.3, 0.4) is 0 Å². The van der Waals surface area contributed by atoms with E-state index >= 15 is 0 Å². The van der Waals surface area contributed by atoms with Crippen LogP contribution in [0.15, 0.2) is 0 Å². The molecule has 0 rings (SSSR count). The van der Waals surface area contributed by atoms with Crippen molar-refractivity contribution in [3.63, 3.8) is 0 Å². The van der Waals surface area contributed by atoms with E-state index in [2.05, 4.69) is 6.92 Å². The molecule has 0 aromatic heterocycles. The standard InChI is InChI=1S/C20H42O7S.C5H12O3S.2Na.2H/c1-2-3-4-5-6-7-8-9-12-24-14-16-26-18-19-27-17-15-25-13-10-11-20-28(21,22)23;1-2-3-4-5-9(6,7)8;;;;/h2-20H2,1H3,(H,21,22,23);2-5H2,1H3,(H,6,7,8);;;;. The molecule has 0 aromatic carbocycles. The van der Waals surface area contributed by atoms with E-state index in [-0.39, 0.29) is 70.6 Å². The van der Waals surface area contributed by atoms with Crippen molar-refractivity contribution in [3.8, 4) is 0 Å². The van der Waals surface area contributed by atoms with Gasteiger partial charge in [-0.1, -0.05) is 71.6 Å². The van der Waals surface area contributed by atoms with E-state index in [1.54, 1.807) is 0 Å². The molecule has 0 spiro atoms. The van der Waals surface area contributed by atoms with Crippen LogP contribution in [0.4, 0.5) is 0 Å². The van der Waals surface area contributed by atoms with Crippen LogP contribution in [0.1, 0.15) is 97.3 Å². The van der Waals surface area contributed by atoms with E-state index in [4.69, 9.17) is 28.1 Å². The van der Waals surface area contributed by atoms with Gasteiger partial charge < -0.3 is 18.9 Å². The first-order valence-electron chi connectivity index (χ1n) is 13.8. The summed E-state index contributed by atoms with van der Waals surface area (Å²) in [5, 5.41) is 0. The molecule has 230 valence electrons. The summed E-state index contributed by atoms with van der Waals surface area (Å²) in [5.74, 6) is -0.312. The molecule has 14 heteroatoms. The Kier molecular flexibility index (Phi) is 43.7. The van der Waals surface area contributed by atoms with Gasteiger partial charge in [0.05, 0.1) is 51.1 Å². The number of ether oxygens (including phenoxy) is 4. The average molecular weight is 627 g/mol. The molecule has 0 unspecified atom stereocenters. The van der Waals surface area contributed by atoms with E-state index < -0.39 is 20.2 Å². The second-order valence-electron chi connectivity index (χ2n) is 8.91. The molecule has 0 aliphatic heterocycles. The molecule has 0 saturated heterocycles. The van der Waals surface area contributed by atoms with Gasteiger partial charge in [-0.25, -0.2) is 0 Å². The van der Waals surface area contributed by atoms with Crippen LogP contribution in [0.5, 0.6) is 0 Å². The molecule has 10 nitrogen and oxygen atoms in total. The molecule has 0 fully saturated rings. The normalized spacial score (nSPS) is 11.3. The van der Waals surface area contributed by atoms with Gasteiger partial charge >= 0.3 is 59.1 Å². The third kappa shape index (κ3) is 52.7. The second-order valence-corrected chi connectivity index (χ2v) is 12.1. The zero-order valence-electron chi connectivity index (χ0n) is 23.2. The van der Waals surface area contributed by atoms with Crippen LogP contribution in [0.25, 0.3) is 0 Å². The molecule has 0 radical (unpaired) electrons. The zero-order valence-corrected chi connectivity index (χ0v) is 24.9. The van der Waals surface area contributed by atoms with Crippen LogP contribution in [-0.4, -0.2) is 149 Å².